The van der Waals surface area contributed by atoms with E-state index in [9.17, 15) is 4.79 Å². The van der Waals surface area contributed by atoms with Crippen molar-refractivity contribution < 1.29 is 9.21 Å². The van der Waals surface area contributed by atoms with E-state index in [-0.39, 0.29) is 5.78 Å². The van der Waals surface area contributed by atoms with Crippen LogP contribution in [0, 0.1) is 0 Å². The Balaban J connectivity index is 1.78. The van der Waals surface area contributed by atoms with E-state index >= 15 is 0 Å². The van der Waals surface area contributed by atoms with Gasteiger partial charge in [0, 0.05) is 20.6 Å². The summed E-state index contributed by atoms with van der Waals surface area (Å²) in [6.45, 7) is 0. The van der Waals surface area contributed by atoms with Gasteiger partial charge in [0.2, 0.25) is 0 Å². The standard InChI is InChI=1S/C19H11BrCl2O2/c20-13-3-1-12(2-4-13)18(23)9-6-15-7-10-19(24-15)16-8-5-14(21)11-17(16)22/h1-11H/b9-6+. The summed E-state index contributed by atoms with van der Waals surface area (Å²) in [5.41, 5.74) is 1.36. The van der Waals surface area contributed by atoms with Gasteiger partial charge in [-0.25, -0.2) is 0 Å². The minimum atomic E-state index is -0.0926. The molecule has 0 saturated carbocycles. The van der Waals surface area contributed by atoms with Crippen LogP contribution in [-0.4, -0.2) is 5.78 Å². The number of halogens is 3. The van der Waals surface area contributed by atoms with Crippen molar-refractivity contribution in [3.8, 4) is 11.3 Å². The smallest absolute Gasteiger partial charge is 0.185 e. The van der Waals surface area contributed by atoms with Gasteiger partial charge in [-0.1, -0.05) is 39.1 Å². The van der Waals surface area contributed by atoms with Crippen molar-refractivity contribution in [2.75, 3.05) is 0 Å². The van der Waals surface area contributed by atoms with E-state index in [0.717, 1.165) is 10.0 Å². The highest BCUT2D eigenvalue weighted by molar-refractivity contribution is 9.10. The maximum atomic E-state index is 12.1. The molecule has 0 atom stereocenters. The average Bonchev–Trinajstić information content (AvgIpc) is 3.02. The average molecular weight is 422 g/mol. The first kappa shape index (κ1) is 17.0. The molecule has 0 spiro atoms. The molecule has 2 aromatic carbocycles. The maximum absolute atomic E-state index is 12.1. The molecule has 1 heterocycles. The normalized spacial score (nSPS) is 11.1. The second kappa shape index (κ2) is 7.39. The van der Waals surface area contributed by atoms with E-state index in [2.05, 4.69) is 15.9 Å². The predicted octanol–water partition coefficient (Wildman–Crippen LogP) is 6.91. The molecule has 0 amide bonds. The van der Waals surface area contributed by atoms with E-state index in [4.69, 9.17) is 27.6 Å². The third kappa shape index (κ3) is 3.99. The highest BCUT2D eigenvalue weighted by Gasteiger charge is 2.08. The summed E-state index contributed by atoms with van der Waals surface area (Å²) < 4.78 is 6.65. The molecular formula is C19H11BrCl2O2. The van der Waals surface area contributed by atoms with E-state index < -0.39 is 0 Å². The van der Waals surface area contributed by atoms with Crippen LogP contribution in [0.1, 0.15) is 16.1 Å². The lowest BCUT2D eigenvalue weighted by molar-refractivity contribution is 0.104. The summed E-state index contributed by atoms with van der Waals surface area (Å²) in [5, 5.41) is 1.08. The Hall–Kier alpha value is -1.81. The second-order valence-corrected chi connectivity index (χ2v) is 6.79. The molecule has 0 bridgehead atoms. The van der Waals surface area contributed by atoms with Crippen LogP contribution in [0.2, 0.25) is 10.0 Å². The number of carbonyl (C=O) groups excluding carboxylic acids is 1. The Labute approximate surface area is 157 Å². The lowest BCUT2D eigenvalue weighted by Gasteiger charge is -2.00. The summed E-state index contributed by atoms with van der Waals surface area (Å²) in [4.78, 5) is 12.1. The number of rotatable bonds is 4. The SMILES string of the molecule is O=C(/C=C/c1ccc(-c2ccc(Cl)cc2Cl)o1)c1ccc(Br)cc1. The van der Waals surface area contributed by atoms with Gasteiger partial charge in [-0.15, -0.1) is 0 Å². The molecule has 0 aliphatic heterocycles. The van der Waals surface area contributed by atoms with Crippen molar-refractivity contribution in [2.45, 2.75) is 0 Å². The van der Waals surface area contributed by atoms with Gasteiger partial charge in [0.15, 0.2) is 5.78 Å². The molecule has 2 nitrogen and oxygen atoms in total. The van der Waals surface area contributed by atoms with E-state index in [1.165, 1.54) is 6.08 Å². The Morgan fingerprint density at radius 2 is 1.75 bits per heavy atom. The number of hydrogen-bond acceptors (Lipinski definition) is 2. The van der Waals surface area contributed by atoms with Crippen LogP contribution in [0.4, 0.5) is 0 Å². The minimum absolute atomic E-state index is 0.0926. The molecule has 0 fully saturated rings. The first-order valence-corrected chi connectivity index (χ1v) is 8.61. The molecule has 0 N–H and O–H groups in total. The molecule has 120 valence electrons. The third-order valence-corrected chi connectivity index (χ3v) is 4.43. The highest BCUT2D eigenvalue weighted by Crippen LogP contribution is 2.31. The van der Waals surface area contributed by atoms with Crippen LogP contribution in [0.15, 0.2) is 69.6 Å². The molecule has 0 radical (unpaired) electrons. The van der Waals surface area contributed by atoms with Crippen LogP contribution < -0.4 is 0 Å². The van der Waals surface area contributed by atoms with Crippen molar-refractivity contribution in [2.24, 2.45) is 0 Å². The van der Waals surface area contributed by atoms with Gasteiger partial charge in [0.05, 0.1) is 5.02 Å². The summed E-state index contributed by atoms with van der Waals surface area (Å²) in [6, 6.07) is 16.0. The highest BCUT2D eigenvalue weighted by atomic mass is 79.9. The molecule has 0 aliphatic carbocycles. The van der Waals surface area contributed by atoms with E-state index in [1.807, 2.05) is 12.1 Å². The van der Waals surface area contributed by atoms with Crippen LogP contribution in [0.5, 0.6) is 0 Å². The van der Waals surface area contributed by atoms with E-state index in [0.29, 0.717) is 27.1 Å². The summed E-state index contributed by atoms with van der Waals surface area (Å²) in [5.74, 6) is 1.10. The van der Waals surface area contributed by atoms with Crippen molar-refractivity contribution in [1.29, 1.82) is 0 Å². The van der Waals surface area contributed by atoms with Gasteiger partial charge >= 0.3 is 0 Å². The largest absolute Gasteiger partial charge is 0.457 e. The summed E-state index contributed by atoms with van der Waals surface area (Å²) in [6.07, 6.45) is 3.12. The number of carbonyl (C=O) groups is 1. The topological polar surface area (TPSA) is 30.2 Å². The van der Waals surface area contributed by atoms with Gasteiger partial charge in [0.25, 0.3) is 0 Å². The molecule has 0 saturated heterocycles. The van der Waals surface area contributed by atoms with Crippen LogP contribution in [0.3, 0.4) is 0 Å². The predicted molar refractivity (Wildman–Crippen MR) is 102 cm³/mol. The number of hydrogen-bond donors (Lipinski definition) is 0. The van der Waals surface area contributed by atoms with E-state index in [1.54, 1.807) is 48.5 Å². The second-order valence-electron chi connectivity index (χ2n) is 5.03. The summed E-state index contributed by atoms with van der Waals surface area (Å²) >= 11 is 15.4. The molecule has 0 aliphatic rings. The van der Waals surface area contributed by atoms with Gasteiger partial charge in [-0.3, -0.25) is 4.79 Å². The zero-order chi connectivity index (χ0) is 17.1. The monoisotopic (exact) mass is 420 g/mol. The molecule has 1 aromatic heterocycles. The molecule has 0 unspecified atom stereocenters. The van der Waals surface area contributed by atoms with Crippen LogP contribution in [-0.2, 0) is 0 Å². The van der Waals surface area contributed by atoms with Gasteiger partial charge < -0.3 is 4.42 Å². The number of benzene rings is 2. The fraction of sp³-hybridized carbons (Fsp3) is 0. The van der Waals surface area contributed by atoms with Crippen LogP contribution >= 0.6 is 39.1 Å². The number of ketones is 1. The van der Waals surface area contributed by atoms with Gasteiger partial charge in [-0.05, 0) is 66.7 Å². The van der Waals surface area contributed by atoms with Gasteiger partial charge in [-0.2, -0.15) is 0 Å². The Kier molecular flexibility index (Phi) is 5.24. The lowest BCUT2D eigenvalue weighted by Crippen LogP contribution is -1.92. The Bertz CT molecular complexity index is 911. The molecule has 3 aromatic rings. The minimum Gasteiger partial charge on any atom is -0.457 e. The Morgan fingerprint density at radius 1 is 1.00 bits per heavy atom. The fourth-order valence-corrected chi connectivity index (χ4v) is 2.91. The van der Waals surface area contributed by atoms with Crippen molar-refractivity contribution in [3.05, 3.63) is 86.5 Å². The molecule has 24 heavy (non-hydrogen) atoms. The third-order valence-electron chi connectivity index (χ3n) is 3.35. The Morgan fingerprint density at radius 3 is 2.46 bits per heavy atom. The van der Waals surface area contributed by atoms with Crippen LogP contribution in [0.25, 0.3) is 17.4 Å². The van der Waals surface area contributed by atoms with Crippen molar-refractivity contribution >= 4 is 51.0 Å². The maximum Gasteiger partial charge on any atom is 0.185 e. The van der Waals surface area contributed by atoms with Crippen molar-refractivity contribution in [3.63, 3.8) is 0 Å². The number of allylic oxidation sites excluding steroid dienone is 1. The zero-order valence-corrected chi connectivity index (χ0v) is 15.4. The summed E-state index contributed by atoms with van der Waals surface area (Å²) in [7, 11) is 0. The number of furan rings is 1. The first-order valence-electron chi connectivity index (χ1n) is 7.06. The quantitative estimate of drug-likeness (QED) is 0.338. The lowest BCUT2D eigenvalue weighted by atomic mass is 10.1. The molecular weight excluding hydrogens is 411 g/mol. The fourth-order valence-electron chi connectivity index (χ4n) is 2.14. The first-order chi connectivity index (χ1) is 11.5. The zero-order valence-electron chi connectivity index (χ0n) is 12.3. The van der Waals surface area contributed by atoms with Crippen molar-refractivity contribution in [1.82, 2.24) is 0 Å². The molecule has 5 heteroatoms. The molecule has 3 rings (SSSR count). The van der Waals surface area contributed by atoms with Gasteiger partial charge in [0.1, 0.15) is 11.5 Å².